The first-order valence-electron chi connectivity index (χ1n) is 9.24. The Morgan fingerprint density at radius 3 is 2.92 bits per heavy atom. The molecule has 0 aliphatic carbocycles. The fourth-order valence-corrected chi connectivity index (χ4v) is 3.96. The number of nitrogens with one attached hydrogen (secondary N) is 1. The average Bonchev–Trinajstić information content (AvgIpc) is 3.17. The Bertz CT molecular complexity index is 755. The molecule has 1 fully saturated rings. The molecule has 1 aromatic heterocycles. The van der Waals surface area contributed by atoms with E-state index in [4.69, 9.17) is 14.7 Å². The number of ether oxygens (including phenoxy) is 1. The van der Waals surface area contributed by atoms with Crippen molar-refractivity contribution in [2.45, 2.75) is 45.2 Å². The Balaban J connectivity index is 1.68. The molecule has 0 bridgehead atoms. The van der Waals surface area contributed by atoms with E-state index in [1.165, 1.54) is 17.5 Å². The van der Waals surface area contributed by atoms with Gasteiger partial charge in [0, 0.05) is 29.9 Å². The molecule has 0 spiro atoms. The van der Waals surface area contributed by atoms with Crippen molar-refractivity contribution < 1.29 is 4.74 Å². The Hall–Kier alpha value is -2.14. The van der Waals surface area contributed by atoms with Crippen LogP contribution in [-0.4, -0.2) is 30.2 Å². The van der Waals surface area contributed by atoms with Crippen molar-refractivity contribution in [2.75, 3.05) is 25.1 Å². The monoisotopic (exact) mass is 338 g/mol. The van der Waals surface area contributed by atoms with Gasteiger partial charge < -0.3 is 15.0 Å². The summed E-state index contributed by atoms with van der Waals surface area (Å²) in [5.74, 6) is 3.02. The van der Waals surface area contributed by atoms with Crippen LogP contribution in [0, 0.1) is 6.92 Å². The molecular weight excluding hydrogens is 312 g/mol. The smallest absolute Gasteiger partial charge is 0.147 e. The van der Waals surface area contributed by atoms with Gasteiger partial charge in [0.15, 0.2) is 0 Å². The van der Waals surface area contributed by atoms with Crippen molar-refractivity contribution in [2.24, 2.45) is 0 Å². The molecule has 2 aliphatic rings. The van der Waals surface area contributed by atoms with Crippen molar-refractivity contribution in [3.63, 3.8) is 0 Å². The summed E-state index contributed by atoms with van der Waals surface area (Å²) in [6.45, 7) is 5.05. The van der Waals surface area contributed by atoms with Crippen LogP contribution < -0.4 is 15.0 Å². The van der Waals surface area contributed by atoms with Gasteiger partial charge in [-0.2, -0.15) is 0 Å². The fraction of sp³-hybridized carbons (Fsp3) is 0.500. The van der Waals surface area contributed by atoms with E-state index in [0.717, 1.165) is 62.0 Å². The second-order valence-corrected chi connectivity index (χ2v) is 6.96. The molecule has 4 rings (SSSR count). The third-order valence-corrected chi connectivity index (χ3v) is 5.29. The molecule has 1 atom stereocenters. The van der Waals surface area contributed by atoms with Crippen LogP contribution in [0.2, 0.25) is 0 Å². The van der Waals surface area contributed by atoms with Crippen LogP contribution in [0.4, 0.5) is 5.82 Å². The summed E-state index contributed by atoms with van der Waals surface area (Å²) in [5.41, 5.74) is 3.65. The molecule has 0 saturated carbocycles. The molecule has 25 heavy (non-hydrogen) atoms. The quantitative estimate of drug-likeness (QED) is 0.928. The number of hydrogen-bond acceptors (Lipinski definition) is 5. The molecular formula is C20H26N4O. The predicted octanol–water partition coefficient (Wildman–Crippen LogP) is 3.17. The minimum Gasteiger partial charge on any atom is -0.496 e. The van der Waals surface area contributed by atoms with Gasteiger partial charge in [-0.25, -0.2) is 9.97 Å². The molecule has 1 aromatic carbocycles. The molecule has 132 valence electrons. The van der Waals surface area contributed by atoms with Crippen molar-refractivity contribution in [3.8, 4) is 5.75 Å². The van der Waals surface area contributed by atoms with Crippen molar-refractivity contribution >= 4 is 5.82 Å². The molecule has 5 heteroatoms. The molecule has 1 N–H and O–H groups in total. The summed E-state index contributed by atoms with van der Waals surface area (Å²) < 4.78 is 5.53. The Kier molecular flexibility index (Phi) is 4.57. The van der Waals surface area contributed by atoms with E-state index in [9.17, 15) is 0 Å². The van der Waals surface area contributed by atoms with Gasteiger partial charge in [-0.3, -0.25) is 0 Å². The maximum absolute atomic E-state index is 5.53. The second-order valence-electron chi connectivity index (χ2n) is 6.96. The molecule has 0 radical (unpaired) electrons. The fourth-order valence-electron chi connectivity index (χ4n) is 3.96. The summed E-state index contributed by atoms with van der Waals surface area (Å²) >= 11 is 0. The highest BCUT2D eigenvalue weighted by Crippen LogP contribution is 2.32. The lowest BCUT2D eigenvalue weighted by atomic mass is 10.0. The van der Waals surface area contributed by atoms with E-state index in [0.29, 0.717) is 6.04 Å². The molecule has 0 amide bonds. The number of hydrogen-bond donors (Lipinski definition) is 1. The highest BCUT2D eigenvalue weighted by molar-refractivity contribution is 5.52. The minimum absolute atomic E-state index is 0.305. The summed E-state index contributed by atoms with van der Waals surface area (Å²) in [7, 11) is 1.74. The number of benzene rings is 1. The topological polar surface area (TPSA) is 50.3 Å². The number of anilines is 1. The number of para-hydroxylation sites is 1. The molecule has 2 aromatic rings. The van der Waals surface area contributed by atoms with Crippen molar-refractivity contribution in [1.29, 1.82) is 0 Å². The third kappa shape index (κ3) is 3.21. The molecule has 2 aliphatic heterocycles. The summed E-state index contributed by atoms with van der Waals surface area (Å²) in [6.07, 6.45) is 4.55. The number of fused-ring (bicyclic) bond motifs is 1. The minimum atomic E-state index is 0.305. The lowest BCUT2D eigenvalue weighted by Gasteiger charge is -2.32. The van der Waals surface area contributed by atoms with Crippen LogP contribution in [0.1, 0.15) is 47.9 Å². The van der Waals surface area contributed by atoms with E-state index in [1.807, 2.05) is 12.1 Å². The molecule has 5 nitrogen and oxygen atoms in total. The van der Waals surface area contributed by atoms with Crippen LogP contribution in [0.25, 0.3) is 0 Å². The molecule has 1 saturated heterocycles. The SMILES string of the molecule is COc1ccccc1CN1CCCc2c(C)nc(C3CCCN3)nc21. The van der Waals surface area contributed by atoms with Crippen LogP contribution >= 0.6 is 0 Å². The largest absolute Gasteiger partial charge is 0.496 e. The first kappa shape index (κ1) is 16.3. The lowest BCUT2D eigenvalue weighted by Crippen LogP contribution is -2.32. The Morgan fingerprint density at radius 2 is 2.12 bits per heavy atom. The van der Waals surface area contributed by atoms with E-state index in [-0.39, 0.29) is 0 Å². The zero-order valence-electron chi connectivity index (χ0n) is 15.1. The van der Waals surface area contributed by atoms with Gasteiger partial charge in [0.05, 0.1) is 13.2 Å². The maximum Gasteiger partial charge on any atom is 0.147 e. The van der Waals surface area contributed by atoms with Gasteiger partial charge in [-0.05, 0) is 45.2 Å². The Morgan fingerprint density at radius 1 is 1.24 bits per heavy atom. The number of aryl methyl sites for hydroxylation is 1. The molecule has 3 heterocycles. The van der Waals surface area contributed by atoms with E-state index < -0.39 is 0 Å². The van der Waals surface area contributed by atoms with Crippen LogP contribution in [0.3, 0.4) is 0 Å². The zero-order chi connectivity index (χ0) is 17.2. The van der Waals surface area contributed by atoms with Crippen LogP contribution in [0.5, 0.6) is 5.75 Å². The van der Waals surface area contributed by atoms with Gasteiger partial charge >= 0.3 is 0 Å². The maximum atomic E-state index is 5.53. The van der Waals surface area contributed by atoms with Gasteiger partial charge in [-0.1, -0.05) is 18.2 Å². The summed E-state index contributed by atoms with van der Waals surface area (Å²) in [6, 6.07) is 8.56. The van der Waals surface area contributed by atoms with Crippen LogP contribution in [-0.2, 0) is 13.0 Å². The van der Waals surface area contributed by atoms with Gasteiger partial charge in [0.2, 0.25) is 0 Å². The third-order valence-electron chi connectivity index (χ3n) is 5.29. The standard InChI is InChI=1S/C20H26N4O/c1-14-16-8-6-12-24(13-15-7-3-4-10-18(15)25-2)20(16)23-19(22-14)17-9-5-11-21-17/h3-4,7,10,17,21H,5-6,8-9,11-13H2,1-2H3. The van der Waals surface area contributed by atoms with E-state index in [1.54, 1.807) is 7.11 Å². The van der Waals surface area contributed by atoms with Crippen LogP contribution in [0.15, 0.2) is 24.3 Å². The van der Waals surface area contributed by atoms with E-state index in [2.05, 4.69) is 29.3 Å². The van der Waals surface area contributed by atoms with E-state index >= 15 is 0 Å². The second kappa shape index (κ2) is 7.00. The van der Waals surface area contributed by atoms with Crippen molar-refractivity contribution in [1.82, 2.24) is 15.3 Å². The normalized spacial score (nSPS) is 19.8. The molecule has 1 unspecified atom stereocenters. The summed E-state index contributed by atoms with van der Waals surface area (Å²) in [4.78, 5) is 12.2. The van der Waals surface area contributed by atoms with Gasteiger partial charge in [0.1, 0.15) is 17.4 Å². The summed E-state index contributed by atoms with van der Waals surface area (Å²) in [5, 5.41) is 3.53. The zero-order valence-corrected chi connectivity index (χ0v) is 15.1. The lowest BCUT2D eigenvalue weighted by molar-refractivity contribution is 0.409. The first-order chi connectivity index (χ1) is 12.3. The van der Waals surface area contributed by atoms with Gasteiger partial charge in [0.25, 0.3) is 0 Å². The first-order valence-corrected chi connectivity index (χ1v) is 9.24. The highest BCUT2D eigenvalue weighted by Gasteiger charge is 2.26. The number of methoxy groups -OCH3 is 1. The number of rotatable bonds is 4. The average molecular weight is 338 g/mol. The number of nitrogens with zero attached hydrogens (tertiary/aromatic N) is 3. The highest BCUT2D eigenvalue weighted by atomic mass is 16.5. The predicted molar refractivity (Wildman–Crippen MR) is 99.1 cm³/mol. The van der Waals surface area contributed by atoms with Crippen molar-refractivity contribution in [3.05, 3.63) is 46.9 Å². The number of aromatic nitrogens is 2. The van der Waals surface area contributed by atoms with Gasteiger partial charge in [-0.15, -0.1) is 0 Å². The Labute approximate surface area is 149 Å².